The van der Waals surface area contributed by atoms with E-state index in [1.54, 1.807) is 23.9 Å². The second-order valence-electron chi connectivity index (χ2n) is 3.55. The molecule has 1 nitrogen and oxygen atoms in total. The first-order valence-corrected chi connectivity index (χ1v) is 6.78. The number of ether oxygens (including phenoxy) is 1. The topological polar surface area (TPSA) is 9.23 Å². The smallest absolute Gasteiger partial charge is 0.123 e. The Bertz CT molecular complexity index is 317. The molecule has 4 heteroatoms. The van der Waals surface area contributed by atoms with Gasteiger partial charge in [-0.1, -0.05) is 15.9 Å². The van der Waals surface area contributed by atoms with Crippen LogP contribution >= 0.6 is 27.7 Å². The first kappa shape index (κ1) is 11.4. The van der Waals surface area contributed by atoms with Crippen LogP contribution < -0.4 is 0 Å². The molecule has 2 unspecified atom stereocenters. The molecular weight excluding hydrogens is 279 g/mol. The molecule has 0 saturated carbocycles. The van der Waals surface area contributed by atoms with E-state index in [1.807, 2.05) is 0 Å². The summed E-state index contributed by atoms with van der Waals surface area (Å²) in [6, 6.07) is 6.59. The molecule has 0 N–H and O–H groups in total. The van der Waals surface area contributed by atoms with Crippen molar-refractivity contribution in [3.8, 4) is 0 Å². The summed E-state index contributed by atoms with van der Waals surface area (Å²) in [4.78, 5) is 1.59. The van der Waals surface area contributed by atoms with Crippen LogP contribution in [0.5, 0.6) is 0 Å². The van der Waals surface area contributed by atoms with Gasteiger partial charge in [-0.3, -0.25) is 0 Å². The molecule has 1 aromatic rings. The summed E-state index contributed by atoms with van der Waals surface area (Å²) in [5, 5.41) is 0. The van der Waals surface area contributed by atoms with E-state index in [0.29, 0.717) is 10.9 Å². The van der Waals surface area contributed by atoms with Gasteiger partial charge in [-0.2, -0.15) is 0 Å². The molecule has 82 valence electrons. The molecule has 1 fully saturated rings. The van der Waals surface area contributed by atoms with Gasteiger partial charge in [0, 0.05) is 15.5 Å². The Balaban J connectivity index is 1.80. The Morgan fingerprint density at radius 1 is 1.40 bits per heavy atom. The second-order valence-corrected chi connectivity index (χ2v) is 5.94. The predicted octanol–water partition coefficient (Wildman–Crippen LogP) is 3.47. The number of benzene rings is 1. The molecule has 1 aliphatic rings. The lowest BCUT2D eigenvalue weighted by Gasteiger charge is -2.08. The molecule has 0 bridgehead atoms. The maximum absolute atomic E-state index is 12.6. The highest BCUT2D eigenvalue weighted by atomic mass is 79.9. The zero-order valence-electron chi connectivity index (χ0n) is 8.16. The molecule has 1 saturated heterocycles. The van der Waals surface area contributed by atoms with E-state index in [4.69, 9.17) is 4.74 Å². The van der Waals surface area contributed by atoms with E-state index in [0.717, 1.165) is 23.7 Å². The van der Waals surface area contributed by atoms with Crippen LogP contribution in [0, 0.1) is 5.82 Å². The summed E-state index contributed by atoms with van der Waals surface area (Å²) >= 11 is 5.25. The van der Waals surface area contributed by atoms with Gasteiger partial charge in [0.2, 0.25) is 0 Å². The number of hydrogen-bond acceptors (Lipinski definition) is 2. The summed E-state index contributed by atoms with van der Waals surface area (Å²) < 4.78 is 18.2. The Morgan fingerprint density at radius 3 is 2.73 bits per heavy atom. The van der Waals surface area contributed by atoms with E-state index in [2.05, 4.69) is 15.9 Å². The minimum absolute atomic E-state index is 0.183. The van der Waals surface area contributed by atoms with Gasteiger partial charge in [0.25, 0.3) is 0 Å². The third-order valence-corrected chi connectivity index (χ3v) is 4.06. The minimum Gasteiger partial charge on any atom is -0.376 e. The first-order valence-electron chi connectivity index (χ1n) is 4.88. The number of rotatable bonds is 3. The number of thioether (sulfide) groups is 1. The maximum Gasteiger partial charge on any atom is 0.123 e. The highest BCUT2D eigenvalue weighted by Gasteiger charge is 2.22. The van der Waals surface area contributed by atoms with Crippen molar-refractivity contribution in [2.45, 2.75) is 22.2 Å². The molecule has 0 radical (unpaired) electrons. The van der Waals surface area contributed by atoms with Gasteiger partial charge in [0.1, 0.15) is 5.82 Å². The fourth-order valence-corrected chi connectivity index (χ4v) is 3.01. The lowest BCUT2D eigenvalue weighted by molar-refractivity contribution is 0.129. The van der Waals surface area contributed by atoms with Gasteiger partial charge in [-0.15, -0.1) is 11.8 Å². The van der Waals surface area contributed by atoms with E-state index >= 15 is 0 Å². The van der Waals surface area contributed by atoms with Gasteiger partial charge in [-0.05, 0) is 30.7 Å². The highest BCUT2D eigenvalue weighted by Crippen LogP contribution is 2.26. The summed E-state index contributed by atoms with van der Waals surface area (Å²) in [6.07, 6.45) is 1.39. The lowest BCUT2D eigenvalue weighted by atomic mass is 10.3. The largest absolute Gasteiger partial charge is 0.376 e. The van der Waals surface area contributed by atoms with Crippen LogP contribution in [0.1, 0.15) is 6.42 Å². The van der Waals surface area contributed by atoms with Crippen LogP contribution in [-0.4, -0.2) is 23.3 Å². The van der Waals surface area contributed by atoms with Crippen molar-refractivity contribution in [3.63, 3.8) is 0 Å². The molecule has 0 amide bonds. The SMILES string of the molecule is Fc1ccc(SCC2CC(Br)CO2)cc1. The second kappa shape index (κ2) is 5.32. The van der Waals surface area contributed by atoms with Gasteiger partial charge < -0.3 is 4.74 Å². The van der Waals surface area contributed by atoms with E-state index < -0.39 is 0 Å². The lowest BCUT2D eigenvalue weighted by Crippen LogP contribution is -2.08. The average molecular weight is 291 g/mol. The van der Waals surface area contributed by atoms with Gasteiger partial charge in [0.05, 0.1) is 12.7 Å². The summed E-state index contributed by atoms with van der Waals surface area (Å²) in [6.45, 7) is 0.800. The highest BCUT2D eigenvalue weighted by molar-refractivity contribution is 9.09. The Hall–Kier alpha value is -0.0600. The fraction of sp³-hybridized carbons (Fsp3) is 0.455. The van der Waals surface area contributed by atoms with Crippen LogP contribution in [0.15, 0.2) is 29.2 Å². The molecule has 0 spiro atoms. The molecule has 1 aliphatic heterocycles. The van der Waals surface area contributed by atoms with Crippen molar-refractivity contribution in [2.75, 3.05) is 12.4 Å². The van der Waals surface area contributed by atoms with Crippen LogP contribution in [-0.2, 0) is 4.74 Å². The molecule has 15 heavy (non-hydrogen) atoms. The first-order chi connectivity index (χ1) is 7.24. The Labute approximate surface area is 102 Å². The third kappa shape index (κ3) is 3.47. The zero-order valence-corrected chi connectivity index (χ0v) is 10.6. The van der Waals surface area contributed by atoms with Crippen LogP contribution in [0.25, 0.3) is 0 Å². The van der Waals surface area contributed by atoms with Gasteiger partial charge in [-0.25, -0.2) is 4.39 Å². The molecule has 2 atom stereocenters. The van der Waals surface area contributed by atoms with Gasteiger partial charge in [0.15, 0.2) is 0 Å². The quantitative estimate of drug-likeness (QED) is 0.623. The number of halogens is 2. The monoisotopic (exact) mass is 290 g/mol. The van der Waals surface area contributed by atoms with Crippen molar-refractivity contribution in [1.29, 1.82) is 0 Å². The van der Waals surface area contributed by atoms with Crippen molar-refractivity contribution in [1.82, 2.24) is 0 Å². The van der Waals surface area contributed by atoms with E-state index in [-0.39, 0.29) is 5.82 Å². The van der Waals surface area contributed by atoms with Crippen LogP contribution in [0.2, 0.25) is 0 Å². The molecule has 0 aromatic heterocycles. The average Bonchev–Trinajstić information content (AvgIpc) is 2.64. The molecule has 2 rings (SSSR count). The standard InChI is InChI=1S/C11H12BrFOS/c12-8-5-10(14-6-8)7-15-11-3-1-9(13)2-4-11/h1-4,8,10H,5-7H2. The molecule has 0 aliphatic carbocycles. The van der Waals surface area contributed by atoms with Crippen molar-refractivity contribution < 1.29 is 9.13 Å². The summed E-state index contributed by atoms with van der Waals surface area (Å²) in [5.41, 5.74) is 0. The van der Waals surface area contributed by atoms with Crippen LogP contribution in [0.3, 0.4) is 0 Å². The Morgan fingerprint density at radius 2 is 2.13 bits per heavy atom. The number of hydrogen-bond donors (Lipinski definition) is 0. The molecule has 1 heterocycles. The zero-order chi connectivity index (χ0) is 10.7. The van der Waals surface area contributed by atoms with E-state index in [1.165, 1.54) is 12.1 Å². The molecular formula is C11H12BrFOS. The molecule has 1 aromatic carbocycles. The summed E-state index contributed by atoms with van der Waals surface area (Å²) in [5.74, 6) is 0.755. The summed E-state index contributed by atoms with van der Waals surface area (Å²) in [7, 11) is 0. The number of alkyl halides is 1. The maximum atomic E-state index is 12.6. The third-order valence-electron chi connectivity index (χ3n) is 2.28. The Kier molecular flexibility index (Phi) is 4.05. The van der Waals surface area contributed by atoms with Gasteiger partial charge >= 0.3 is 0 Å². The normalized spacial score (nSPS) is 25.7. The van der Waals surface area contributed by atoms with Crippen molar-refractivity contribution in [2.24, 2.45) is 0 Å². The van der Waals surface area contributed by atoms with Crippen LogP contribution in [0.4, 0.5) is 4.39 Å². The van der Waals surface area contributed by atoms with Crippen molar-refractivity contribution in [3.05, 3.63) is 30.1 Å². The minimum atomic E-state index is -0.183. The van der Waals surface area contributed by atoms with Crippen molar-refractivity contribution >= 4 is 27.7 Å². The fourth-order valence-electron chi connectivity index (χ4n) is 1.50. The predicted molar refractivity (Wildman–Crippen MR) is 64.2 cm³/mol. The van der Waals surface area contributed by atoms with E-state index in [9.17, 15) is 4.39 Å².